The summed E-state index contributed by atoms with van der Waals surface area (Å²) in [5.74, 6) is -1.07. The number of aromatic carboxylic acids is 1. The molecule has 0 fully saturated rings. The topological polar surface area (TPSA) is 90.7 Å². The molecule has 0 aliphatic rings. The van der Waals surface area contributed by atoms with Gasteiger partial charge in [-0.25, -0.2) is 9.00 Å². The number of hydrogen-bond acceptors (Lipinski definition) is 3. The maximum Gasteiger partial charge on any atom is 0.335 e. The zero-order chi connectivity index (χ0) is 18.5. The molecule has 6 nitrogen and oxygen atoms in total. The molecule has 0 bridgehead atoms. The molecular weight excluding hydrogens is 352 g/mol. The van der Waals surface area contributed by atoms with Crippen LogP contribution in [0.4, 0.5) is 5.69 Å². The van der Waals surface area contributed by atoms with Crippen LogP contribution in [0.3, 0.4) is 0 Å². The number of aromatic nitrogens is 1. The molecule has 0 amide bonds. The van der Waals surface area contributed by atoms with Gasteiger partial charge in [-0.1, -0.05) is 42.5 Å². The molecule has 132 valence electrons. The van der Waals surface area contributed by atoms with Crippen molar-refractivity contribution in [3.63, 3.8) is 0 Å². The fourth-order valence-electron chi connectivity index (χ4n) is 2.53. The smallest absolute Gasteiger partial charge is 0.335 e. The first-order valence-corrected chi connectivity index (χ1v) is 8.83. The fourth-order valence-corrected chi connectivity index (χ4v) is 3.08. The van der Waals surface area contributed by atoms with Crippen molar-refractivity contribution in [1.29, 1.82) is 0 Å². The Morgan fingerprint density at radius 2 is 1.65 bits per heavy atom. The van der Waals surface area contributed by atoms with E-state index < -0.39 is 17.2 Å². The first-order valence-electron chi connectivity index (χ1n) is 7.77. The lowest BCUT2D eigenvalue weighted by atomic mass is 10.1. The molecule has 2 aromatic carbocycles. The predicted octanol–water partition coefficient (Wildman–Crippen LogP) is 3.59. The SMILES string of the molecule is O=C(O)c1ccnc(CN(c2ccc(-c3ccccc3)cc2)S(=O)O)c1. The number of rotatable bonds is 6. The summed E-state index contributed by atoms with van der Waals surface area (Å²) in [7, 11) is 0. The third-order valence-electron chi connectivity index (χ3n) is 3.82. The number of hydrogen-bond donors (Lipinski definition) is 2. The van der Waals surface area contributed by atoms with Gasteiger partial charge in [0.2, 0.25) is 0 Å². The largest absolute Gasteiger partial charge is 0.478 e. The van der Waals surface area contributed by atoms with Crippen molar-refractivity contribution in [2.75, 3.05) is 4.31 Å². The van der Waals surface area contributed by atoms with Crippen LogP contribution in [0.15, 0.2) is 72.9 Å². The highest BCUT2D eigenvalue weighted by atomic mass is 32.2. The third-order valence-corrected chi connectivity index (χ3v) is 4.54. The van der Waals surface area contributed by atoms with Gasteiger partial charge >= 0.3 is 5.97 Å². The highest BCUT2D eigenvalue weighted by Gasteiger charge is 2.15. The second-order valence-corrected chi connectivity index (χ2v) is 6.42. The molecule has 3 rings (SSSR count). The summed E-state index contributed by atoms with van der Waals surface area (Å²) in [6.45, 7) is 0.00884. The Balaban J connectivity index is 1.85. The molecule has 0 saturated heterocycles. The molecular formula is C19H16N2O4S. The number of carbonyl (C=O) groups is 1. The number of anilines is 1. The second kappa shape index (κ2) is 7.90. The molecule has 0 aliphatic carbocycles. The van der Waals surface area contributed by atoms with Crippen LogP contribution in [-0.4, -0.2) is 24.8 Å². The van der Waals surface area contributed by atoms with Gasteiger partial charge in [-0.3, -0.25) is 13.8 Å². The Kier molecular flexibility index (Phi) is 5.40. The summed E-state index contributed by atoms with van der Waals surface area (Å²) >= 11 is -2.28. The predicted molar refractivity (Wildman–Crippen MR) is 100 cm³/mol. The van der Waals surface area contributed by atoms with Gasteiger partial charge in [-0.15, -0.1) is 0 Å². The molecule has 1 heterocycles. The molecule has 1 aromatic heterocycles. The number of carboxylic acids is 1. The summed E-state index contributed by atoms with van der Waals surface area (Å²) in [6.07, 6.45) is 1.37. The highest BCUT2D eigenvalue weighted by Crippen LogP contribution is 2.24. The zero-order valence-electron chi connectivity index (χ0n) is 13.6. The molecule has 26 heavy (non-hydrogen) atoms. The molecule has 3 aromatic rings. The van der Waals surface area contributed by atoms with Crippen molar-refractivity contribution in [3.8, 4) is 11.1 Å². The normalized spacial score (nSPS) is 11.7. The van der Waals surface area contributed by atoms with Crippen molar-refractivity contribution in [2.45, 2.75) is 6.54 Å². The van der Waals surface area contributed by atoms with Gasteiger partial charge in [0.05, 0.1) is 23.5 Å². The standard InChI is InChI=1S/C19H16N2O4S/c22-19(23)16-10-11-20-17(12-16)13-21(26(24)25)18-8-6-15(7-9-18)14-4-2-1-3-5-14/h1-12H,13H2,(H,22,23)(H,24,25). The van der Waals surface area contributed by atoms with E-state index >= 15 is 0 Å². The Morgan fingerprint density at radius 3 is 2.27 bits per heavy atom. The van der Waals surface area contributed by atoms with E-state index in [1.54, 1.807) is 12.1 Å². The van der Waals surface area contributed by atoms with Crippen LogP contribution in [-0.2, 0) is 17.8 Å². The van der Waals surface area contributed by atoms with Crippen molar-refractivity contribution in [2.24, 2.45) is 0 Å². The van der Waals surface area contributed by atoms with E-state index in [9.17, 15) is 13.6 Å². The Labute approximate surface area is 153 Å². The summed E-state index contributed by atoms with van der Waals surface area (Å²) in [5.41, 5.74) is 3.04. The average molecular weight is 368 g/mol. The molecule has 0 spiro atoms. The third kappa shape index (κ3) is 4.14. The van der Waals surface area contributed by atoms with Gasteiger partial charge in [0.1, 0.15) is 0 Å². The van der Waals surface area contributed by atoms with Crippen LogP contribution < -0.4 is 4.31 Å². The maximum absolute atomic E-state index is 11.8. The average Bonchev–Trinajstić information content (AvgIpc) is 2.67. The molecule has 0 aliphatic heterocycles. The first kappa shape index (κ1) is 17.8. The van der Waals surface area contributed by atoms with E-state index in [2.05, 4.69) is 4.98 Å². The van der Waals surface area contributed by atoms with E-state index in [0.29, 0.717) is 11.4 Å². The number of benzene rings is 2. The van der Waals surface area contributed by atoms with Gasteiger partial charge in [0.15, 0.2) is 0 Å². The van der Waals surface area contributed by atoms with Gasteiger partial charge in [0.25, 0.3) is 11.3 Å². The molecule has 2 N–H and O–H groups in total. The van der Waals surface area contributed by atoms with Gasteiger partial charge in [0, 0.05) is 6.20 Å². The first-order chi connectivity index (χ1) is 12.5. The van der Waals surface area contributed by atoms with Crippen molar-refractivity contribution in [1.82, 2.24) is 4.98 Å². The van der Waals surface area contributed by atoms with E-state index in [4.69, 9.17) is 5.11 Å². The Hall–Kier alpha value is -3.03. The second-order valence-electron chi connectivity index (χ2n) is 5.52. The van der Waals surface area contributed by atoms with Crippen LogP contribution in [0.25, 0.3) is 11.1 Å². The van der Waals surface area contributed by atoms with Gasteiger partial charge in [-0.05, 0) is 35.4 Å². The van der Waals surface area contributed by atoms with Gasteiger partial charge in [-0.2, -0.15) is 0 Å². The van der Waals surface area contributed by atoms with E-state index in [-0.39, 0.29) is 12.1 Å². The van der Waals surface area contributed by atoms with Crippen LogP contribution in [0.5, 0.6) is 0 Å². The fraction of sp³-hybridized carbons (Fsp3) is 0.0526. The van der Waals surface area contributed by atoms with Crippen LogP contribution >= 0.6 is 0 Å². The lowest BCUT2D eigenvalue weighted by Crippen LogP contribution is -2.25. The number of pyridine rings is 1. The molecule has 7 heteroatoms. The van der Waals surface area contributed by atoms with E-state index in [1.165, 1.54) is 22.6 Å². The Morgan fingerprint density at radius 1 is 1.00 bits per heavy atom. The van der Waals surface area contributed by atoms with Gasteiger partial charge < -0.3 is 5.11 Å². The maximum atomic E-state index is 11.8. The van der Waals surface area contributed by atoms with Crippen LogP contribution in [0.1, 0.15) is 16.1 Å². The van der Waals surface area contributed by atoms with Crippen LogP contribution in [0, 0.1) is 0 Å². The zero-order valence-corrected chi connectivity index (χ0v) is 14.5. The van der Waals surface area contributed by atoms with Crippen molar-refractivity contribution in [3.05, 3.63) is 84.2 Å². The minimum absolute atomic E-state index is 0.00884. The lowest BCUT2D eigenvalue weighted by Gasteiger charge is -2.20. The summed E-state index contributed by atoms with van der Waals surface area (Å²) < 4.78 is 22.7. The monoisotopic (exact) mass is 368 g/mol. The van der Waals surface area contributed by atoms with Crippen molar-refractivity contribution >= 4 is 22.9 Å². The summed E-state index contributed by atoms with van der Waals surface area (Å²) in [6, 6.07) is 19.8. The molecule has 0 saturated carbocycles. The number of carboxylic acid groups (broad SMARTS) is 1. The highest BCUT2D eigenvalue weighted by molar-refractivity contribution is 7.80. The quantitative estimate of drug-likeness (QED) is 0.649. The number of nitrogens with zero attached hydrogens (tertiary/aromatic N) is 2. The molecule has 0 radical (unpaired) electrons. The summed E-state index contributed by atoms with van der Waals surface area (Å²) in [4.78, 5) is 15.1. The van der Waals surface area contributed by atoms with E-state index in [0.717, 1.165) is 11.1 Å². The van der Waals surface area contributed by atoms with Crippen LogP contribution in [0.2, 0.25) is 0 Å². The minimum Gasteiger partial charge on any atom is -0.478 e. The van der Waals surface area contributed by atoms with E-state index in [1.807, 2.05) is 42.5 Å². The minimum atomic E-state index is -2.28. The lowest BCUT2D eigenvalue weighted by molar-refractivity contribution is 0.0696. The molecule has 1 unspecified atom stereocenters. The van der Waals surface area contributed by atoms with Crippen molar-refractivity contribution < 1.29 is 18.7 Å². The Bertz CT molecular complexity index is 930. The summed E-state index contributed by atoms with van der Waals surface area (Å²) in [5, 5.41) is 9.06. The molecule has 1 atom stereocenters.